The lowest BCUT2D eigenvalue weighted by molar-refractivity contribution is -0.137. The van der Waals surface area contributed by atoms with E-state index >= 15 is 0 Å². The van der Waals surface area contributed by atoms with Crippen LogP contribution in [0.25, 0.3) is 0 Å². The summed E-state index contributed by atoms with van der Waals surface area (Å²) in [7, 11) is -3.98. The maximum absolute atomic E-state index is 12.5. The number of sulfone groups is 1. The van der Waals surface area contributed by atoms with Crippen molar-refractivity contribution in [2.45, 2.75) is 23.9 Å². The molecule has 0 radical (unpaired) electrons. The average molecular weight is 305 g/mol. The van der Waals surface area contributed by atoms with Crippen LogP contribution in [0.4, 0.5) is 13.2 Å². The van der Waals surface area contributed by atoms with Crippen molar-refractivity contribution in [1.82, 2.24) is 15.2 Å². The molecule has 0 saturated carbocycles. The highest BCUT2D eigenvalue weighted by atomic mass is 32.2. The third-order valence-electron chi connectivity index (χ3n) is 2.48. The first kappa shape index (κ1) is 14.5. The van der Waals surface area contributed by atoms with Crippen LogP contribution in [0.3, 0.4) is 0 Å². The Labute approximate surface area is 112 Å². The highest BCUT2D eigenvalue weighted by Gasteiger charge is 2.32. The van der Waals surface area contributed by atoms with E-state index in [0.717, 1.165) is 12.3 Å². The van der Waals surface area contributed by atoms with Gasteiger partial charge in [-0.3, -0.25) is 5.10 Å². The molecular formula is C11H10F3N3O2S. The Bertz CT molecular complexity index is 723. The van der Waals surface area contributed by atoms with E-state index in [2.05, 4.69) is 15.2 Å². The summed E-state index contributed by atoms with van der Waals surface area (Å²) in [6.45, 7) is 1.69. The number of rotatable bonds is 3. The number of H-pyrrole nitrogens is 1. The van der Waals surface area contributed by atoms with Gasteiger partial charge < -0.3 is 0 Å². The third-order valence-corrected chi connectivity index (χ3v) is 4.01. The van der Waals surface area contributed by atoms with Crippen LogP contribution in [0, 0.1) is 6.92 Å². The summed E-state index contributed by atoms with van der Waals surface area (Å²) in [5.74, 6) is -0.508. The zero-order valence-corrected chi connectivity index (χ0v) is 11.1. The van der Waals surface area contributed by atoms with E-state index in [1.165, 1.54) is 6.07 Å². The molecule has 0 amide bonds. The van der Waals surface area contributed by atoms with Crippen LogP contribution in [0.5, 0.6) is 0 Å². The highest BCUT2D eigenvalue weighted by molar-refractivity contribution is 7.90. The molecule has 9 heteroatoms. The van der Waals surface area contributed by atoms with Crippen LogP contribution < -0.4 is 0 Å². The molecule has 0 aliphatic carbocycles. The number of halogens is 3. The van der Waals surface area contributed by atoms with Gasteiger partial charge in [-0.15, -0.1) is 0 Å². The SMILES string of the molecule is Cc1cc(CS(=O)(=O)c2cc(C(F)(F)F)ccn2)n[nH]1. The van der Waals surface area contributed by atoms with E-state index in [0.29, 0.717) is 11.8 Å². The van der Waals surface area contributed by atoms with Gasteiger partial charge in [0.05, 0.1) is 11.3 Å². The van der Waals surface area contributed by atoms with Crippen LogP contribution in [0.15, 0.2) is 29.4 Å². The Hall–Kier alpha value is -1.90. The van der Waals surface area contributed by atoms with Gasteiger partial charge in [-0.2, -0.15) is 18.3 Å². The molecule has 0 unspecified atom stereocenters. The molecule has 2 rings (SSSR count). The second-order valence-electron chi connectivity index (χ2n) is 4.18. The monoisotopic (exact) mass is 305 g/mol. The summed E-state index contributed by atoms with van der Waals surface area (Å²) in [5, 5.41) is 5.69. The molecule has 0 atom stereocenters. The predicted molar refractivity (Wildman–Crippen MR) is 63.5 cm³/mol. The number of aromatic amines is 1. The molecule has 0 bridgehead atoms. The maximum Gasteiger partial charge on any atom is 0.416 e. The number of nitrogens with zero attached hydrogens (tertiary/aromatic N) is 2. The summed E-state index contributed by atoms with van der Waals surface area (Å²) < 4.78 is 61.7. The fourth-order valence-electron chi connectivity index (χ4n) is 1.57. The normalized spacial score (nSPS) is 12.6. The van der Waals surface area contributed by atoms with Gasteiger partial charge in [-0.1, -0.05) is 0 Å². The Morgan fingerprint density at radius 1 is 1.30 bits per heavy atom. The van der Waals surface area contributed by atoms with Crippen molar-refractivity contribution in [3.63, 3.8) is 0 Å². The minimum Gasteiger partial charge on any atom is -0.283 e. The lowest BCUT2D eigenvalue weighted by Gasteiger charge is -2.08. The van der Waals surface area contributed by atoms with E-state index in [9.17, 15) is 21.6 Å². The first-order chi connectivity index (χ1) is 9.18. The van der Waals surface area contributed by atoms with Gasteiger partial charge >= 0.3 is 6.18 Å². The summed E-state index contributed by atoms with van der Waals surface area (Å²) in [5.41, 5.74) is -0.168. The van der Waals surface area contributed by atoms with Gasteiger partial charge in [0.15, 0.2) is 5.03 Å². The first-order valence-corrected chi connectivity index (χ1v) is 7.10. The van der Waals surface area contributed by atoms with Gasteiger partial charge in [0.25, 0.3) is 0 Å². The van der Waals surface area contributed by atoms with Crippen molar-refractivity contribution >= 4 is 9.84 Å². The van der Waals surface area contributed by atoms with Gasteiger partial charge in [0.2, 0.25) is 9.84 Å². The molecule has 0 fully saturated rings. The summed E-state index contributed by atoms with van der Waals surface area (Å²) >= 11 is 0. The zero-order valence-electron chi connectivity index (χ0n) is 10.3. The van der Waals surface area contributed by atoms with Crippen LogP contribution in [0.1, 0.15) is 17.0 Å². The molecule has 1 N–H and O–H groups in total. The van der Waals surface area contributed by atoms with E-state index in [1.54, 1.807) is 6.92 Å². The van der Waals surface area contributed by atoms with Crippen molar-refractivity contribution < 1.29 is 21.6 Å². The molecule has 0 aliphatic heterocycles. The Kier molecular flexibility index (Phi) is 3.55. The smallest absolute Gasteiger partial charge is 0.283 e. The lowest BCUT2D eigenvalue weighted by Crippen LogP contribution is -2.11. The number of alkyl halides is 3. The van der Waals surface area contributed by atoms with Crippen molar-refractivity contribution in [2.24, 2.45) is 0 Å². The largest absolute Gasteiger partial charge is 0.416 e. The predicted octanol–water partition coefficient (Wildman–Crippen LogP) is 2.11. The van der Waals surface area contributed by atoms with Gasteiger partial charge in [0.1, 0.15) is 5.75 Å². The summed E-state index contributed by atoms with van der Waals surface area (Å²) in [6, 6.07) is 2.75. The molecular weight excluding hydrogens is 295 g/mol. The molecule has 2 aromatic rings. The van der Waals surface area contributed by atoms with E-state index in [1.807, 2.05) is 0 Å². The standard InChI is InChI=1S/C11H10F3N3O2S/c1-7-4-9(17-16-7)6-20(18,19)10-5-8(2-3-15-10)11(12,13)14/h2-5H,6H2,1H3,(H,16,17). The van der Waals surface area contributed by atoms with Crippen LogP contribution in [-0.2, 0) is 21.8 Å². The van der Waals surface area contributed by atoms with E-state index in [4.69, 9.17) is 0 Å². The quantitative estimate of drug-likeness (QED) is 0.942. The van der Waals surface area contributed by atoms with Gasteiger partial charge in [-0.25, -0.2) is 13.4 Å². The third kappa shape index (κ3) is 3.16. The minimum absolute atomic E-state index is 0.224. The molecule has 0 saturated heterocycles. The number of hydrogen-bond donors (Lipinski definition) is 1. The number of pyridine rings is 1. The fraction of sp³-hybridized carbons (Fsp3) is 0.273. The molecule has 2 heterocycles. The zero-order chi connectivity index (χ0) is 15.0. The molecule has 0 aliphatic rings. The molecule has 2 aromatic heterocycles. The summed E-state index contributed by atoms with van der Waals surface area (Å²) in [6.07, 6.45) is -3.79. The Balaban J connectivity index is 2.35. The van der Waals surface area contributed by atoms with Crippen molar-refractivity contribution in [2.75, 3.05) is 0 Å². The first-order valence-electron chi connectivity index (χ1n) is 5.45. The van der Waals surface area contributed by atoms with Crippen molar-refractivity contribution in [1.29, 1.82) is 0 Å². The second kappa shape index (κ2) is 4.89. The fourth-order valence-corrected chi connectivity index (χ4v) is 2.79. The number of nitrogens with one attached hydrogen (secondary N) is 1. The second-order valence-corrected chi connectivity index (χ2v) is 6.12. The van der Waals surface area contributed by atoms with E-state index < -0.39 is 32.4 Å². The lowest BCUT2D eigenvalue weighted by atomic mass is 10.3. The van der Waals surface area contributed by atoms with Gasteiger partial charge in [-0.05, 0) is 25.1 Å². The highest BCUT2D eigenvalue weighted by Crippen LogP contribution is 2.30. The number of aromatic nitrogens is 3. The number of hydrogen-bond acceptors (Lipinski definition) is 4. The number of aryl methyl sites for hydroxylation is 1. The van der Waals surface area contributed by atoms with Crippen LogP contribution in [0.2, 0.25) is 0 Å². The van der Waals surface area contributed by atoms with Crippen molar-refractivity contribution in [3.05, 3.63) is 41.3 Å². The minimum atomic E-state index is -4.61. The van der Waals surface area contributed by atoms with Crippen LogP contribution in [-0.4, -0.2) is 23.6 Å². The summed E-state index contributed by atoms with van der Waals surface area (Å²) in [4.78, 5) is 3.50. The Morgan fingerprint density at radius 3 is 2.55 bits per heavy atom. The molecule has 5 nitrogen and oxygen atoms in total. The molecule has 108 valence electrons. The van der Waals surface area contributed by atoms with E-state index in [-0.39, 0.29) is 5.69 Å². The molecule has 0 aromatic carbocycles. The molecule has 20 heavy (non-hydrogen) atoms. The topological polar surface area (TPSA) is 75.7 Å². The maximum atomic E-state index is 12.5. The van der Waals surface area contributed by atoms with Crippen molar-refractivity contribution in [3.8, 4) is 0 Å². The van der Waals surface area contributed by atoms with Gasteiger partial charge in [0, 0.05) is 11.9 Å². The average Bonchev–Trinajstić information content (AvgIpc) is 2.73. The Morgan fingerprint density at radius 2 is 2.00 bits per heavy atom. The molecule has 0 spiro atoms. The van der Waals surface area contributed by atoms with Crippen LogP contribution >= 0.6 is 0 Å².